The quantitative estimate of drug-likeness (QED) is 0.501. The summed E-state index contributed by atoms with van der Waals surface area (Å²) in [4.78, 5) is 11.7. The summed E-state index contributed by atoms with van der Waals surface area (Å²) in [7, 11) is 0. The minimum atomic E-state index is 0.149. The second-order valence-corrected chi connectivity index (χ2v) is 5.39. The molecule has 0 saturated heterocycles. The number of rotatable bonds is 10. The van der Waals surface area contributed by atoms with Crippen LogP contribution >= 0.6 is 0 Å². The number of nitrogens with one attached hydrogen (secondary N) is 1. The van der Waals surface area contributed by atoms with Gasteiger partial charge in [-0.3, -0.25) is 4.79 Å². The molecule has 0 bridgehead atoms. The molecule has 0 aromatic heterocycles. The number of unbranched alkanes of at least 4 members (excludes halogenated alkanes) is 6. The van der Waals surface area contributed by atoms with E-state index in [4.69, 9.17) is 5.73 Å². The van der Waals surface area contributed by atoms with Gasteiger partial charge in [0.15, 0.2) is 0 Å². The molecule has 20 heavy (non-hydrogen) atoms. The number of hydrogen-bond acceptors (Lipinski definition) is 2. The normalized spacial score (nSPS) is 10.4. The van der Waals surface area contributed by atoms with Crippen LogP contribution in [-0.4, -0.2) is 5.91 Å². The van der Waals surface area contributed by atoms with E-state index in [2.05, 4.69) is 12.2 Å². The molecule has 1 rings (SSSR count). The number of nitrogens with two attached hydrogens (primary N) is 1. The predicted molar refractivity (Wildman–Crippen MR) is 85.3 cm³/mol. The van der Waals surface area contributed by atoms with E-state index < -0.39 is 0 Å². The first-order valence-electron chi connectivity index (χ1n) is 7.83. The van der Waals surface area contributed by atoms with E-state index in [1.165, 1.54) is 38.5 Å². The monoisotopic (exact) mass is 276 g/mol. The molecule has 1 aromatic rings. The maximum atomic E-state index is 11.7. The SMILES string of the molecule is CCCCCCCCCC(=O)NCc1ccc(N)cc1. The van der Waals surface area contributed by atoms with Crippen molar-refractivity contribution in [1.82, 2.24) is 5.32 Å². The van der Waals surface area contributed by atoms with E-state index in [0.29, 0.717) is 13.0 Å². The number of nitrogen functional groups attached to an aromatic ring is 1. The van der Waals surface area contributed by atoms with Crippen molar-refractivity contribution in [2.24, 2.45) is 0 Å². The first-order chi connectivity index (χ1) is 9.72. The van der Waals surface area contributed by atoms with Crippen molar-refractivity contribution >= 4 is 11.6 Å². The standard InChI is InChI=1S/C17H28N2O/c1-2-3-4-5-6-7-8-9-17(20)19-14-15-10-12-16(18)13-11-15/h10-13H,2-9,14,18H2,1H3,(H,19,20). The zero-order valence-corrected chi connectivity index (χ0v) is 12.7. The Morgan fingerprint density at radius 1 is 1.00 bits per heavy atom. The molecule has 0 atom stereocenters. The van der Waals surface area contributed by atoms with E-state index in [1.807, 2.05) is 24.3 Å². The fourth-order valence-electron chi connectivity index (χ4n) is 2.17. The molecular formula is C17H28N2O. The Bertz CT molecular complexity index is 373. The summed E-state index contributed by atoms with van der Waals surface area (Å²) in [6.45, 7) is 2.82. The van der Waals surface area contributed by atoms with Crippen LogP contribution in [0.3, 0.4) is 0 Å². The molecule has 0 fully saturated rings. The zero-order chi connectivity index (χ0) is 14.6. The molecule has 0 heterocycles. The van der Waals surface area contributed by atoms with E-state index in [-0.39, 0.29) is 5.91 Å². The van der Waals surface area contributed by atoms with E-state index in [1.54, 1.807) is 0 Å². The molecular weight excluding hydrogens is 248 g/mol. The van der Waals surface area contributed by atoms with Crippen LogP contribution in [0.1, 0.15) is 63.9 Å². The highest BCUT2D eigenvalue weighted by molar-refractivity contribution is 5.75. The van der Waals surface area contributed by atoms with Crippen LogP contribution < -0.4 is 11.1 Å². The summed E-state index contributed by atoms with van der Waals surface area (Å²) in [5.41, 5.74) is 7.46. The molecule has 1 amide bonds. The number of carbonyl (C=O) groups is 1. The van der Waals surface area contributed by atoms with Gasteiger partial charge in [-0.25, -0.2) is 0 Å². The van der Waals surface area contributed by atoms with Gasteiger partial charge in [-0.1, -0.05) is 57.6 Å². The molecule has 3 nitrogen and oxygen atoms in total. The first-order valence-corrected chi connectivity index (χ1v) is 7.83. The van der Waals surface area contributed by atoms with Gasteiger partial charge in [0.05, 0.1) is 0 Å². The summed E-state index contributed by atoms with van der Waals surface area (Å²) in [5.74, 6) is 0.149. The van der Waals surface area contributed by atoms with Gasteiger partial charge < -0.3 is 11.1 Å². The Morgan fingerprint density at radius 3 is 2.25 bits per heavy atom. The van der Waals surface area contributed by atoms with Crippen LogP contribution in [0.4, 0.5) is 5.69 Å². The molecule has 112 valence electrons. The highest BCUT2D eigenvalue weighted by Crippen LogP contribution is 2.09. The Morgan fingerprint density at radius 2 is 1.60 bits per heavy atom. The number of hydrogen-bond donors (Lipinski definition) is 2. The van der Waals surface area contributed by atoms with E-state index in [0.717, 1.165) is 17.7 Å². The van der Waals surface area contributed by atoms with Gasteiger partial charge in [-0.05, 0) is 24.1 Å². The molecule has 0 saturated carbocycles. The van der Waals surface area contributed by atoms with Gasteiger partial charge in [-0.2, -0.15) is 0 Å². The summed E-state index contributed by atoms with van der Waals surface area (Å²) in [6.07, 6.45) is 9.32. The van der Waals surface area contributed by atoms with Gasteiger partial charge in [0, 0.05) is 18.7 Å². The fraction of sp³-hybridized carbons (Fsp3) is 0.588. The number of benzene rings is 1. The topological polar surface area (TPSA) is 55.1 Å². The molecule has 0 unspecified atom stereocenters. The van der Waals surface area contributed by atoms with Crippen molar-refractivity contribution in [2.45, 2.75) is 64.8 Å². The van der Waals surface area contributed by atoms with Crippen molar-refractivity contribution in [3.05, 3.63) is 29.8 Å². The Balaban J connectivity index is 2.01. The largest absolute Gasteiger partial charge is 0.399 e. The van der Waals surface area contributed by atoms with E-state index in [9.17, 15) is 4.79 Å². The average molecular weight is 276 g/mol. The molecule has 1 aromatic carbocycles. The zero-order valence-electron chi connectivity index (χ0n) is 12.7. The number of amides is 1. The Hall–Kier alpha value is -1.51. The summed E-state index contributed by atoms with van der Waals surface area (Å²) < 4.78 is 0. The molecule has 0 aliphatic rings. The predicted octanol–water partition coefficient (Wildman–Crippen LogP) is 4.03. The highest BCUT2D eigenvalue weighted by Gasteiger charge is 2.01. The maximum absolute atomic E-state index is 11.7. The first kappa shape index (κ1) is 16.5. The van der Waals surface area contributed by atoms with Crippen molar-refractivity contribution in [3.8, 4) is 0 Å². The second kappa shape index (κ2) is 10.3. The Kier molecular flexibility index (Phi) is 8.52. The lowest BCUT2D eigenvalue weighted by Crippen LogP contribution is -2.22. The number of carbonyl (C=O) groups excluding carboxylic acids is 1. The molecule has 3 N–H and O–H groups in total. The minimum Gasteiger partial charge on any atom is -0.399 e. The fourth-order valence-corrected chi connectivity index (χ4v) is 2.17. The lowest BCUT2D eigenvalue weighted by molar-refractivity contribution is -0.121. The van der Waals surface area contributed by atoms with Crippen LogP contribution in [0.5, 0.6) is 0 Å². The summed E-state index contributed by atoms with van der Waals surface area (Å²) >= 11 is 0. The number of anilines is 1. The van der Waals surface area contributed by atoms with Gasteiger partial charge in [0.1, 0.15) is 0 Å². The molecule has 3 heteroatoms. The smallest absolute Gasteiger partial charge is 0.220 e. The molecule has 0 radical (unpaired) electrons. The van der Waals surface area contributed by atoms with Crippen LogP contribution in [0.2, 0.25) is 0 Å². The van der Waals surface area contributed by atoms with Crippen LogP contribution in [0.15, 0.2) is 24.3 Å². The van der Waals surface area contributed by atoms with Gasteiger partial charge >= 0.3 is 0 Å². The summed E-state index contributed by atoms with van der Waals surface area (Å²) in [5, 5.41) is 2.95. The minimum absolute atomic E-state index is 0.149. The second-order valence-electron chi connectivity index (χ2n) is 5.39. The van der Waals surface area contributed by atoms with Crippen molar-refractivity contribution in [2.75, 3.05) is 5.73 Å². The molecule has 0 aliphatic heterocycles. The maximum Gasteiger partial charge on any atom is 0.220 e. The lowest BCUT2D eigenvalue weighted by atomic mass is 10.1. The van der Waals surface area contributed by atoms with Crippen LogP contribution in [0, 0.1) is 0 Å². The van der Waals surface area contributed by atoms with Crippen molar-refractivity contribution in [1.29, 1.82) is 0 Å². The van der Waals surface area contributed by atoms with Crippen LogP contribution in [-0.2, 0) is 11.3 Å². The summed E-state index contributed by atoms with van der Waals surface area (Å²) in [6, 6.07) is 7.61. The van der Waals surface area contributed by atoms with Gasteiger partial charge in [0.2, 0.25) is 5.91 Å². The van der Waals surface area contributed by atoms with Gasteiger partial charge in [-0.15, -0.1) is 0 Å². The third kappa shape index (κ3) is 7.82. The van der Waals surface area contributed by atoms with E-state index >= 15 is 0 Å². The van der Waals surface area contributed by atoms with Crippen LogP contribution in [0.25, 0.3) is 0 Å². The highest BCUT2D eigenvalue weighted by atomic mass is 16.1. The van der Waals surface area contributed by atoms with Crippen molar-refractivity contribution < 1.29 is 4.79 Å². The molecule has 0 spiro atoms. The lowest BCUT2D eigenvalue weighted by Gasteiger charge is -2.06. The Labute approximate surface area is 122 Å². The molecule has 0 aliphatic carbocycles. The third-order valence-corrected chi connectivity index (χ3v) is 3.48. The van der Waals surface area contributed by atoms with Crippen molar-refractivity contribution in [3.63, 3.8) is 0 Å². The van der Waals surface area contributed by atoms with Gasteiger partial charge in [0.25, 0.3) is 0 Å². The average Bonchev–Trinajstić information content (AvgIpc) is 2.46. The third-order valence-electron chi connectivity index (χ3n) is 3.48.